The second-order valence-corrected chi connectivity index (χ2v) is 5.81. The Bertz CT molecular complexity index is 692. The van der Waals surface area contributed by atoms with Gasteiger partial charge in [0.15, 0.2) is 0 Å². The molecule has 2 rings (SSSR count). The molecule has 0 bridgehead atoms. The summed E-state index contributed by atoms with van der Waals surface area (Å²) in [6.45, 7) is 6.15. The summed E-state index contributed by atoms with van der Waals surface area (Å²) in [4.78, 5) is 23.7. The Kier molecular flexibility index (Phi) is 5.95. The van der Waals surface area contributed by atoms with Gasteiger partial charge in [0.05, 0.1) is 6.10 Å². The first-order valence-electron chi connectivity index (χ1n) is 7.85. The zero-order chi connectivity index (χ0) is 17.5. The summed E-state index contributed by atoms with van der Waals surface area (Å²) >= 11 is 0. The molecule has 0 radical (unpaired) electrons. The molecule has 0 aliphatic heterocycles. The van der Waals surface area contributed by atoms with Gasteiger partial charge in [-0.05, 0) is 50.6 Å². The summed E-state index contributed by atoms with van der Waals surface area (Å²) in [6.07, 6.45) is 0.112. The molecule has 0 aromatic heterocycles. The first kappa shape index (κ1) is 17.5. The molecule has 0 saturated heterocycles. The molecule has 0 spiro atoms. The summed E-state index contributed by atoms with van der Waals surface area (Å²) in [6, 6.07) is 14.7. The van der Waals surface area contributed by atoms with Gasteiger partial charge in [-0.25, -0.2) is 0 Å². The molecule has 5 heteroatoms. The number of rotatable bonds is 5. The molecule has 0 unspecified atom stereocenters. The molecule has 24 heavy (non-hydrogen) atoms. The van der Waals surface area contributed by atoms with Crippen LogP contribution in [0.5, 0.6) is 5.75 Å². The van der Waals surface area contributed by atoms with Crippen LogP contribution in [0.15, 0.2) is 48.5 Å². The van der Waals surface area contributed by atoms with Crippen LogP contribution in [0.25, 0.3) is 0 Å². The van der Waals surface area contributed by atoms with E-state index in [2.05, 4.69) is 10.6 Å². The molecule has 0 heterocycles. The van der Waals surface area contributed by atoms with Crippen molar-refractivity contribution in [3.63, 3.8) is 0 Å². The van der Waals surface area contributed by atoms with Crippen LogP contribution in [0.1, 0.15) is 25.0 Å². The van der Waals surface area contributed by atoms with Crippen molar-refractivity contribution >= 4 is 17.5 Å². The number of ether oxygens (including phenoxy) is 1. The van der Waals surface area contributed by atoms with Crippen LogP contribution in [-0.2, 0) is 16.1 Å². The minimum absolute atomic E-state index is 0.112. The normalized spacial score (nSPS) is 10.3. The van der Waals surface area contributed by atoms with Crippen LogP contribution in [-0.4, -0.2) is 17.9 Å². The number of anilines is 1. The lowest BCUT2D eigenvalue weighted by Gasteiger charge is -2.10. The Morgan fingerprint density at radius 3 is 2.17 bits per heavy atom. The fraction of sp³-hybridized carbons (Fsp3) is 0.263. The maximum Gasteiger partial charge on any atom is 0.313 e. The number of benzene rings is 2. The van der Waals surface area contributed by atoms with E-state index in [-0.39, 0.29) is 12.6 Å². The van der Waals surface area contributed by atoms with Crippen LogP contribution in [0.3, 0.4) is 0 Å². The van der Waals surface area contributed by atoms with Gasteiger partial charge >= 0.3 is 11.8 Å². The van der Waals surface area contributed by atoms with Gasteiger partial charge in [0.2, 0.25) is 0 Å². The number of hydrogen-bond donors (Lipinski definition) is 2. The van der Waals surface area contributed by atoms with Gasteiger partial charge in [-0.15, -0.1) is 0 Å². The SMILES string of the molecule is Cc1ccc(NC(=O)C(=O)NCc2ccc(OC(C)C)cc2)cc1. The quantitative estimate of drug-likeness (QED) is 0.830. The maximum atomic E-state index is 11.9. The van der Waals surface area contributed by atoms with Crippen molar-refractivity contribution in [1.29, 1.82) is 0 Å². The Balaban J connectivity index is 1.83. The first-order valence-corrected chi connectivity index (χ1v) is 7.85. The van der Waals surface area contributed by atoms with Crippen molar-refractivity contribution in [1.82, 2.24) is 5.32 Å². The van der Waals surface area contributed by atoms with Crippen LogP contribution in [0.4, 0.5) is 5.69 Å². The van der Waals surface area contributed by atoms with Gasteiger partial charge in [-0.2, -0.15) is 0 Å². The number of nitrogens with one attached hydrogen (secondary N) is 2. The van der Waals surface area contributed by atoms with Crippen molar-refractivity contribution < 1.29 is 14.3 Å². The standard InChI is InChI=1S/C19H22N2O3/c1-13(2)24-17-10-6-15(7-11-17)12-20-18(22)19(23)21-16-8-4-14(3)5-9-16/h4-11,13H,12H2,1-3H3,(H,20,22)(H,21,23). The minimum Gasteiger partial charge on any atom is -0.491 e. The molecule has 0 saturated carbocycles. The number of carbonyl (C=O) groups is 2. The monoisotopic (exact) mass is 326 g/mol. The van der Waals surface area contributed by atoms with E-state index in [0.29, 0.717) is 5.69 Å². The molecule has 0 fully saturated rings. The summed E-state index contributed by atoms with van der Waals surface area (Å²) in [7, 11) is 0. The van der Waals surface area contributed by atoms with Crippen LogP contribution in [0.2, 0.25) is 0 Å². The molecule has 2 amide bonds. The van der Waals surface area contributed by atoms with Crippen molar-refractivity contribution in [2.75, 3.05) is 5.32 Å². The first-order chi connectivity index (χ1) is 11.4. The predicted octanol–water partition coefficient (Wildman–Crippen LogP) is 3.04. The van der Waals surface area contributed by atoms with Gasteiger partial charge in [-0.3, -0.25) is 9.59 Å². The fourth-order valence-electron chi connectivity index (χ4n) is 2.05. The van der Waals surface area contributed by atoms with Crippen LogP contribution in [0, 0.1) is 6.92 Å². The second-order valence-electron chi connectivity index (χ2n) is 5.81. The summed E-state index contributed by atoms with van der Waals surface area (Å²) in [5.74, 6) is -0.575. The van der Waals surface area contributed by atoms with Crippen molar-refractivity contribution in [3.05, 3.63) is 59.7 Å². The van der Waals surface area contributed by atoms with Crippen molar-refractivity contribution in [2.45, 2.75) is 33.4 Å². The Hall–Kier alpha value is -2.82. The Labute approximate surface area is 142 Å². The third kappa shape index (κ3) is 5.43. The van der Waals surface area contributed by atoms with Gasteiger partial charge < -0.3 is 15.4 Å². The van der Waals surface area contributed by atoms with Gasteiger partial charge in [0, 0.05) is 12.2 Å². The van der Waals surface area contributed by atoms with Crippen molar-refractivity contribution in [3.8, 4) is 5.75 Å². The molecule has 5 nitrogen and oxygen atoms in total. The van der Waals surface area contributed by atoms with Gasteiger partial charge in [0.1, 0.15) is 5.75 Å². The van der Waals surface area contributed by atoms with Gasteiger partial charge in [0.25, 0.3) is 0 Å². The van der Waals surface area contributed by atoms with E-state index in [1.165, 1.54) is 0 Å². The lowest BCUT2D eigenvalue weighted by molar-refractivity contribution is -0.136. The van der Waals surface area contributed by atoms with E-state index >= 15 is 0 Å². The zero-order valence-electron chi connectivity index (χ0n) is 14.1. The topological polar surface area (TPSA) is 67.4 Å². The van der Waals surface area contributed by atoms with Crippen LogP contribution < -0.4 is 15.4 Å². The lowest BCUT2D eigenvalue weighted by atomic mass is 10.2. The van der Waals surface area contributed by atoms with E-state index < -0.39 is 11.8 Å². The van der Waals surface area contributed by atoms with Crippen LogP contribution >= 0.6 is 0 Å². The van der Waals surface area contributed by atoms with Crippen molar-refractivity contribution in [2.24, 2.45) is 0 Å². The number of aryl methyl sites for hydroxylation is 1. The minimum atomic E-state index is -0.682. The molecular weight excluding hydrogens is 304 g/mol. The van der Waals surface area contributed by atoms with E-state index in [4.69, 9.17) is 4.74 Å². The number of carbonyl (C=O) groups excluding carboxylic acids is 2. The maximum absolute atomic E-state index is 11.9. The Morgan fingerprint density at radius 1 is 0.958 bits per heavy atom. The average molecular weight is 326 g/mol. The molecule has 0 atom stereocenters. The molecule has 2 N–H and O–H groups in total. The molecule has 2 aromatic rings. The number of hydrogen-bond acceptors (Lipinski definition) is 3. The second kappa shape index (κ2) is 8.15. The molecule has 2 aromatic carbocycles. The fourth-order valence-corrected chi connectivity index (χ4v) is 2.05. The zero-order valence-corrected chi connectivity index (χ0v) is 14.1. The predicted molar refractivity (Wildman–Crippen MR) is 93.9 cm³/mol. The largest absolute Gasteiger partial charge is 0.491 e. The third-order valence-electron chi connectivity index (χ3n) is 3.26. The third-order valence-corrected chi connectivity index (χ3v) is 3.26. The summed E-state index contributed by atoms with van der Waals surface area (Å²) < 4.78 is 5.56. The highest BCUT2D eigenvalue weighted by Gasteiger charge is 2.13. The smallest absolute Gasteiger partial charge is 0.313 e. The highest BCUT2D eigenvalue weighted by Crippen LogP contribution is 2.13. The Morgan fingerprint density at radius 2 is 1.58 bits per heavy atom. The summed E-state index contributed by atoms with van der Waals surface area (Å²) in [5, 5.41) is 5.16. The average Bonchev–Trinajstić information content (AvgIpc) is 2.55. The molecular formula is C19H22N2O3. The summed E-state index contributed by atoms with van der Waals surface area (Å²) in [5.41, 5.74) is 2.57. The molecule has 126 valence electrons. The lowest BCUT2D eigenvalue weighted by Crippen LogP contribution is -2.34. The molecule has 0 aliphatic carbocycles. The van der Waals surface area contributed by atoms with E-state index in [9.17, 15) is 9.59 Å². The highest BCUT2D eigenvalue weighted by molar-refractivity contribution is 6.39. The van der Waals surface area contributed by atoms with E-state index in [0.717, 1.165) is 16.9 Å². The number of amides is 2. The van der Waals surface area contributed by atoms with E-state index in [1.54, 1.807) is 12.1 Å². The van der Waals surface area contributed by atoms with Gasteiger partial charge in [-0.1, -0.05) is 29.8 Å². The van der Waals surface area contributed by atoms with E-state index in [1.807, 2.05) is 57.2 Å². The highest BCUT2D eigenvalue weighted by atomic mass is 16.5. The molecule has 0 aliphatic rings.